The predicted octanol–water partition coefficient (Wildman–Crippen LogP) is 3.46. The molecule has 0 aliphatic heterocycles. The molecule has 0 spiro atoms. The Morgan fingerprint density at radius 1 is 1.50 bits per heavy atom. The maximum atomic E-state index is 11.9. The van der Waals surface area contributed by atoms with Crippen LogP contribution in [-0.2, 0) is 0 Å². The monoisotopic (exact) mass is 259 g/mol. The second-order valence-corrected chi connectivity index (χ2v) is 4.19. The van der Waals surface area contributed by atoms with E-state index in [4.69, 9.17) is 0 Å². The summed E-state index contributed by atoms with van der Waals surface area (Å²) >= 11 is 3.42. The van der Waals surface area contributed by atoms with E-state index in [1.807, 2.05) is 12.1 Å². The summed E-state index contributed by atoms with van der Waals surface area (Å²) in [7, 11) is 0. The first kappa shape index (κ1) is 11.7. The molecule has 0 aromatic heterocycles. The highest BCUT2D eigenvalue weighted by molar-refractivity contribution is 9.10. The number of benzene rings is 1. The minimum atomic E-state index is -0.252. The quantitative estimate of drug-likeness (QED) is 0.799. The normalized spacial score (nSPS) is 12.8. The van der Waals surface area contributed by atoms with Crippen LogP contribution in [-0.4, -0.2) is 13.2 Å². The van der Waals surface area contributed by atoms with Gasteiger partial charge in [-0.15, -0.1) is 0 Å². The van der Waals surface area contributed by atoms with Gasteiger partial charge in [-0.05, 0) is 37.6 Å². The van der Waals surface area contributed by atoms with Crippen LogP contribution in [0.15, 0.2) is 28.7 Å². The molecular weight excluding hydrogens is 245 g/mol. The summed E-state index contributed by atoms with van der Waals surface area (Å²) in [5.41, 5.74) is 1.22. The summed E-state index contributed by atoms with van der Waals surface area (Å²) in [5, 5.41) is 3.27. The van der Waals surface area contributed by atoms with Gasteiger partial charge in [0.25, 0.3) is 0 Å². The van der Waals surface area contributed by atoms with Crippen molar-refractivity contribution in [3.8, 4) is 0 Å². The zero-order valence-corrected chi connectivity index (χ0v) is 9.85. The van der Waals surface area contributed by atoms with Crippen LogP contribution >= 0.6 is 15.9 Å². The van der Waals surface area contributed by atoms with E-state index in [1.54, 1.807) is 0 Å². The summed E-state index contributed by atoms with van der Waals surface area (Å²) in [6.45, 7) is 2.56. The largest absolute Gasteiger partial charge is 0.310 e. The Kier molecular flexibility index (Phi) is 5.12. The Labute approximate surface area is 92.8 Å². The predicted molar refractivity (Wildman–Crippen MR) is 61.2 cm³/mol. The van der Waals surface area contributed by atoms with Crippen molar-refractivity contribution in [2.24, 2.45) is 0 Å². The Morgan fingerprint density at radius 3 is 2.93 bits per heavy atom. The van der Waals surface area contributed by atoms with Gasteiger partial charge in [0.15, 0.2) is 0 Å². The summed E-state index contributed by atoms with van der Waals surface area (Å²) in [6.07, 6.45) is 0.582. The second-order valence-electron chi connectivity index (χ2n) is 3.27. The SMILES string of the molecule is C[C@@H](NCCCF)c1cccc(Br)c1. The summed E-state index contributed by atoms with van der Waals surface area (Å²) in [5.74, 6) is 0. The maximum absolute atomic E-state index is 11.9. The van der Waals surface area contributed by atoms with Gasteiger partial charge in [0, 0.05) is 10.5 Å². The van der Waals surface area contributed by atoms with E-state index in [1.165, 1.54) is 5.56 Å². The lowest BCUT2D eigenvalue weighted by Gasteiger charge is -2.13. The fourth-order valence-corrected chi connectivity index (χ4v) is 1.70. The second kappa shape index (κ2) is 6.14. The van der Waals surface area contributed by atoms with Crippen LogP contribution in [0.3, 0.4) is 0 Å². The number of hydrogen-bond acceptors (Lipinski definition) is 1. The topological polar surface area (TPSA) is 12.0 Å². The average Bonchev–Trinajstić information content (AvgIpc) is 2.18. The third kappa shape index (κ3) is 3.76. The van der Waals surface area contributed by atoms with Gasteiger partial charge in [0.1, 0.15) is 0 Å². The first-order chi connectivity index (χ1) is 6.74. The van der Waals surface area contributed by atoms with Crippen LogP contribution < -0.4 is 5.32 Å². The van der Waals surface area contributed by atoms with Gasteiger partial charge in [-0.3, -0.25) is 4.39 Å². The van der Waals surface area contributed by atoms with Crippen LogP contribution in [0, 0.1) is 0 Å². The Bertz CT molecular complexity index is 278. The third-order valence-electron chi connectivity index (χ3n) is 2.11. The van der Waals surface area contributed by atoms with E-state index >= 15 is 0 Å². The molecule has 0 radical (unpaired) electrons. The fraction of sp³-hybridized carbons (Fsp3) is 0.455. The molecule has 0 saturated heterocycles. The molecule has 0 saturated carbocycles. The molecule has 0 aliphatic carbocycles. The lowest BCUT2D eigenvalue weighted by molar-refractivity contribution is 0.446. The van der Waals surface area contributed by atoms with Crippen molar-refractivity contribution < 1.29 is 4.39 Å². The molecule has 1 aromatic carbocycles. The highest BCUT2D eigenvalue weighted by Crippen LogP contribution is 2.17. The maximum Gasteiger partial charge on any atom is 0.0906 e. The van der Waals surface area contributed by atoms with E-state index in [2.05, 4.69) is 40.3 Å². The van der Waals surface area contributed by atoms with Crippen LogP contribution in [0.25, 0.3) is 0 Å². The first-order valence-electron chi connectivity index (χ1n) is 4.79. The van der Waals surface area contributed by atoms with Gasteiger partial charge in [-0.25, -0.2) is 0 Å². The van der Waals surface area contributed by atoms with E-state index < -0.39 is 0 Å². The number of rotatable bonds is 5. The van der Waals surface area contributed by atoms with Crippen LogP contribution in [0.2, 0.25) is 0 Å². The van der Waals surface area contributed by atoms with Crippen molar-refractivity contribution in [2.75, 3.05) is 13.2 Å². The first-order valence-corrected chi connectivity index (χ1v) is 5.58. The zero-order chi connectivity index (χ0) is 10.4. The lowest BCUT2D eigenvalue weighted by Crippen LogP contribution is -2.20. The highest BCUT2D eigenvalue weighted by Gasteiger charge is 2.03. The summed E-state index contributed by atoms with van der Waals surface area (Å²) in [6, 6.07) is 8.43. The van der Waals surface area contributed by atoms with Gasteiger partial charge in [-0.1, -0.05) is 28.1 Å². The minimum Gasteiger partial charge on any atom is -0.310 e. The molecule has 0 amide bonds. The molecule has 0 bridgehead atoms. The molecule has 0 heterocycles. The average molecular weight is 260 g/mol. The van der Waals surface area contributed by atoms with Crippen LogP contribution in [0.5, 0.6) is 0 Å². The summed E-state index contributed by atoms with van der Waals surface area (Å²) in [4.78, 5) is 0. The number of hydrogen-bond donors (Lipinski definition) is 1. The van der Waals surface area contributed by atoms with Crippen molar-refractivity contribution >= 4 is 15.9 Å². The molecule has 1 N–H and O–H groups in total. The minimum absolute atomic E-state index is 0.252. The fourth-order valence-electron chi connectivity index (χ4n) is 1.28. The number of nitrogens with one attached hydrogen (secondary N) is 1. The molecule has 0 unspecified atom stereocenters. The smallest absolute Gasteiger partial charge is 0.0906 e. The van der Waals surface area contributed by atoms with Crippen molar-refractivity contribution in [1.29, 1.82) is 0 Å². The number of alkyl halides is 1. The Balaban J connectivity index is 2.47. The molecule has 0 aliphatic rings. The van der Waals surface area contributed by atoms with Gasteiger partial charge < -0.3 is 5.32 Å². The standard InChI is InChI=1S/C11H15BrFN/c1-9(14-7-3-6-13)10-4-2-5-11(12)8-10/h2,4-5,8-9,14H,3,6-7H2,1H3/t9-/m1/s1. The van der Waals surface area contributed by atoms with Crippen LogP contribution in [0.1, 0.15) is 24.9 Å². The van der Waals surface area contributed by atoms with E-state index in [0.717, 1.165) is 11.0 Å². The molecular formula is C11H15BrFN. The molecule has 1 atom stereocenters. The molecule has 1 rings (SSSR count). The van der Waals surface area contributed by atoms with E-state index in [9.17, 15) is 4.39 Å². The Morgan fingerprint density at radius 2 is 2.29 bits per heavy atom. The third-order valence-corrected chi connectivity index (χ3v) is 2.60. The molecule has 1 aromatic rings. The van der Waals surface area contributed by atoms with Gasteiger partial charge >= 0.3 is 0 Å². The molecule has 3 heteroatoms. The van der Waals surface area contributed by atoms with Gasteiger partial charge in [-0.2, -0.15) is 0 Å². The van der Waals surface area contributed by atoms with Crippen molar-refractivity contribution in [3.63, 3.8) is 0 Å². The molecule has 14 heavy (non-hydrogen) atoms. The Hall–Kier alpha value is -0.410. The van der Waals surface area contributed by atoms with Crippen molar-refractivity contribution in [3.05, 3.63) is 34.3 Å². The molecule has 0 fully saturated rings. The van der Waals surface area contributed by atoms with E-state index in [0.29, 0.717) is 6.42 Å². The van der Waals surface area contributed by atoms with E-state index in [-0.39, 0.29) is 12.7 Å². The highest BCUT2D eigenvalue weighted by atomic mass is 79.9. The van der Waals surface area contributed by atoms with Crippen LogP contribution in [0.4, 0.5) is 4.39 Å². The van der Waals surface area contributed by atoms with Gasteiger partial charge in [0.2, 0.25) is 0 Å². The molecule has 1 nitrogen and oxygen atoms in total. The van der Waals surface area contributed by atoms with Crippen molar-refractivity contribution in [1.82, 2.24) is 5.32 Å². The molecule has 78 valence electrons. The summed E-state index contributed by atoms with van der Waals surface area (Å²) < 4.78 is 12.9. The number of halogens is 2. The zero-order valence-electron chi connectivity index (χ0n) is 8.26. The lowest BCUT2D eigenvalue weighted by atomic mass is 10.1. The van der Waals surface area contributed by atoms with Crippen molar-refractivity contribution in [2.45, 2.75) is 19.4 Å². The van der Waals surface area contributed by atoms with Gasteiger partial charge in [0.05, 0.1) is 6.67 Å².